The Bertz CT molecular complexity index is 435. The van der Waals surface area contributed by atoms with Crippen LogP contribution in [0.2, 0.25) is 0 Å². The van der Waals surface area contributed by atoms with E-state index in [1.165, 1.54) is 0 Å². The van der Waals surface area contributed by atoms with Crippen molar-refractivity contribution in [3.63, 3.8) is 0 Å². The van der Waals surface area contributed by atoms with Crippen LogP contribution in [0.3, 0.4) is 0 Å². The molecule has 1 rings (SSSR count). The van der Waals surface area contributed by atoms with Crippen molar-refractivity contribution in [3.05, 3.63) is 33.9 Å². The molecule has 1 unspecified atom stereocenters. The Hall–Kier alpha value is -1.43. The Balaban J connectivity index is 2.67. The fourth-order valence-electron chi connectivity index (χ4n) is 1.54. The molecule has 0 amide bonds. The van der Waals surface area contributed by atoms with Gasteiger partial charge in [-0.15, -0.1) is 0 Å². The summed E-state index contributed by atoms with van der Waals surface area (Å²) in [7, 11) is -0.816. The fraction of sp³-hybridized carbons (Fsp3) is 0.455. The molecule has 0 radical (unpaired) electrons. The van der Waals surface area contributed by atoms with E-state index in [-0.39, 0.29) is 10.6 Å². The quantitative estimate of drug-likeness (QED) is 0.480. The third-order valence-electron chi connectivity index (χ3n) is 2.34. The van der Waals surface area contributed by atoms with Crippen molar-refractivity contribution in [3.8, 4) is 0 Å². The zero-order valence-electron chi connectivity index (χ0n) is 9.93. The van der Waals surface area contributed by atoms with Gasteiger partial charge in [-0.3, -0.25) is 14.3 Å². The van der Waals surface area contributed by atoms with E-state index in [4.69, 9.17) is 0 Å². The van der Waals surface area contributed by atoms with Gasteiger partial charge in [0, 0.05) is 34.9 Å². The Morgan fingerprint density at radius 2 is 2.18 bits per heavy atom. The van der Waals surface area contributed by atoms with Gasteiger partial charge in [-0.2, -0.15) is 0 Å². The number of rotatable bonds is 6. The van der Waals surface area contributed by atoms with Gasteiger partial charge in [-0.25, -0.2) is 0 Å². The highest BCUT2D eigenvalue weighted by molar-refractivity contribution is 7.84. The molecule has 17 heavy (non-hydrogen) atoms. The molecule has 0 fully saturated rings. The molecule has 0 aliphatic rings. The van der Waals surface area contributed by atoms with Crippen molar-refractivity contribution in [2.75, 3.05) is 23.9 Å². The summed E-state index contributed by atoms with van der Waals surface area (Å²) in [6.07, 6.45) is 2.38. The van der Waals surface area contributed by atoms with Crippen molar-refractivity contribution < 1.29 is 9.13 Å². The second kappa shape index (κ2) is 6.34. The molecule has 0 saturated carbocycles. The summed E-state index contributed by atoms with van der Waals surface area (Å²) in [5.74, 6) is 0.604. The molecule has 6 heteroatoms. The van der Waals surface area contributed by atoms with Gasteiger partial charge in [-0.1, -0.05) is 12.1 Å². The molecule has 0 aliphatic heterocycles. The molecule has 94 valence electrons. The van der Waals surface area contributed by atoms with Gasteiger partial charge in [0.15, 0.2) is 0 Å². The Morgan fingerprint density at radius 3 is 2.76 bits per heavy atom. The van der Waals surface area contributed by atoms with Crippen LogP contribution in [-0.2, 0) is 10.8 Å². The van der Waals surface area contributed by atoms with Gasteiger partial charge < -0.3 is 5.32 Å². The lowest BCUT2D eigenvalue weighted by molar-refractivity contribution is -0.384. The standard InChI is InChI=1S/C11H16N2O3S/c1-9-5-3-6-10(11(9)13(14)15)12-7-4-8-17(2)16/h3,5-6,12H,4,7-8H2,1-2H3. The number of nitrogens with one attached hydrogen (secondary N) is 1. The van der Waals surface area contributed by atoms with Crippen molar-refractivity contribution in [2.24, 2.45) is 0 Å². The molecule has 5 nitrogen and oxygen atoms in total. The number of anilines is 1. The molecule has 0 saturated heterocycles. The van der Waals surface area contributed by atoms with Crippen molar-refractivity contribution in [2.45, 2.75) is 13.3 Å². The summed E-state index contributed by atoms with van der Waals surface area (Å²) in [6, 6.07) is 5.18. The van der Waals surface area contributed by atoms with E-state index in [1.54, 1.807) is 31.4 Å². The largest absolute Gasteiger partial charge is 0.379 e. The maximum absolute atomic E-state index is 10.9. The number of aryl methyl sites for hydroxylation is 1. The van der Waals surface area contributed by atoms with Crippen LogP contribution in [-0.4, -0.2) is 27.7 Å². The van der Waals surface area contributed by atoms with Crippen LogP contribution in [0.15, 0.2) is 18.2 Å². The topological polar surface area (TPSA) is 72.2 Å². The summed E-state index contributed by atoms with van der Waals surface area (Å²) in [6.45, 7) is 2.30. The third-order valence-corrected chi connectivity index (χ3v) is 3.21. The van der Waals surface area contributed by atoms with E-state index >= 15 is 0 Å². The van der Waals surface area contributed by atoms with Crippen LogP contribution in [0.5, 0.6) is 0 Å². The second-order valence-corrected chi connectivity index (χ2v) is 5.34. The maximum Gasteiger partial charge on any atom is 0.295 e. The molecule has 0 aliphatic carbocycles. The highest BCUT2D eigenvalue weighted by Gasteiger charge is 2.15. The lowest BCUT2D eigenvalue weighted by Crippen LogP contribution is -2.08. The SMILES string of the molecule is Cc1cccc(NCCCS(C)=O)c1[N+](=O)[O-]. The molecule has 1 N–H and O–H groups in total. The van der Waals surface area contributed by atoms with Gasteiger partial charge in [-0.05, 0) is 19.4 Å². The van der Waals surface area contributed by atoms with Gasteiger partial charge in [0.25, 0.3) is 5.69 Å². The van der Waals surface area contributed by atoms with E-state index < -0.39 is 10.8 Å². The normalized spacial score (nSPS) is 12.1. The molecule has 0 aromatic heterocycles. The van der Waals surface area contributed by atoms with E-state index in [0.717, 1.165) is 6.42 Å². The van der Waals surface area contributed by atoms with E-state index in [9.17, 15) is 14.3 Å². The Morgan fingerprint density at radius 1 is 1.47 bits per heavy atom. The lowest BCUT2D eigenvalue weighted by Gasteiger charge is -2.07. The average molecular weight is 256 g/mol. The summed E-state index contributed by atoms with van der Waals surface area (Å²) in [4.78, 5) is 10.5. The molecule has 0 heterocycles. The first kappa shape index (κ1) is 13.6. The minimum Gasteiger partial charge on any atom is -0.379 e. The van der Waals surface area contributed by atoms with Crippen molar-refractivity contribution in [1.82, 2.24) is 0 Å². The zero-order valence-corrected chi connectivity index (χ0v) is 10.8. The number of benzene rings is 1. The molecule has 0 bridgehead atoms. The number of nitro benzene ring substituents is 1. The minimum absolute atomic E-state index is 0.116. The predicted molar refractivity (Wildman–Crippen MR) is 69.9 cm³/mol. The fourth-order valence-corrected chi connectivity index (χ4v) is 2.09. The molecular weight excluding hydrogens is 240 g/mol. The van der Waals surface area contributed by atoms with Gasteiger partial charge in [0.2, 0.25) is 0 Å². The molecular formula is C11H16N2O3S. The van der Waals surface area contributed by atoms with Gasteiger partial charge in [0.05, 0.1) is 4.92 Å². The zero-order chi connectivity index (χ0) is 12.8. The highest BCUT2D eigenvalue weighted by atomic mass is 32.2. The summed E-state index contributed by atoms with van der Waals surface area (Å²) in [5, 5.41) is 13.9. The first-order valence-electron chi connectivity index (χ1n) is 5.30. The maximum atomic E-state index is 10.9. The van der Waals surface area contributed by atoms with Crippen molar-refractivity contribution in [1.29, 1.82) is 0 Å². The Labute approximate surface area is 103 Å². The van der Waals surface area contributed by atoms with E-state index in [1.807, 2.05) is 0 Å². The number of nitrogens with zero attached hydrogens (tertiary/aromatic N) is 1. The minimum atomic E-state index is -0.816. The molecule has 0 spiro atoms. The second-order valence-electron chi connectivity index (χ2n) is 3.79. The molecule has 1 aromatic carbocycles. The van der Waals surface area contributed by atoms with Crippen LogP contribution in [0.25, 0.3) is 0 Å². The summed E-state index contributed by atoms with van der Waals surface area (Å²) >= 11 is 0. The Kier molecular flexibility index (Phi) is 5.09. The molecule has 1 aromatic rings. The first-order valence-corrected chi connectivity index (χ1v) is 7.03. The van der Waals surface area contributed by atoms with E-state index in [2.05, 4.69) is 5.32 Å². The van der Waals surface area contributed by atoms with Crippen LogP contribution in [0, 0.1) is 17.0 Å². The first-order chi connectivity index (χ1) is 8.02. The summed E-state index contributed by atoms with van der Waals surface area (Å²) < 4.78 is 10.9. The van der Waals surface area contributed by atoms with Crippen LogP contribution in [0.4, 0.5) is 11.4 Å². The number of hydrogen-bond acceptors (Lipinski definition) is 4. The summed E-state index contributed by atoms with van der Waals surface area (Å²) in [5.41, 5.74) is 1.28. The number of para-hydroxylation sites is 1. The number of nitro groups is 1. The smallest absolute Gasteiger partial charge is 0.295 e. The lowest BCUT2D eigenvalue weighted by atomic mass is 10.1. The molecule has 1 atom stereocenters. The van der Waals surface area contributed by atoms with Crippen molar-refractivity contribution >= 4 is 22.2 Å². The highest BCUT2D eigenvalue weighted by Crippen LogP contribution is 2.27. The monoisotopic (exact) mass is 256 g/mol. The third kappa shape index (κ3) is 4.14. The predicted octanol–water partition coefficient (Wildman–Crippen LogP) is 2.08. The average Bonchev–Trinajstić information content (AvgIpc) is 2.23. The van der Waals surface area contributed by atoms with Crippen LogP contribution >= 0.6 is 0 Å². The van der Waals surface area contributed by atoms with Gasteiger partial charge >= 0.3 is 0 Å². The van der Waals surface area contributed by atoms with Crippen LogP contribution < -0.4 is 5.32 Å². The van der Waals surface area contributed by atoms with Gasteiger partial charge in [0.1, 0.15) is 5.69 Å². The number of hydrogen-bond donors (Lipinski definition) is 1. The van der Waals surface area contributed by atoms with E-state index in [0.29, 0.717) is 23.5 Å². The van der Waals surface area contributed by atoms with Crippen LogP contribution in [0.1, 0.15) is 12.0 Å².